The number of rotatable bonds is 4. The van der Waals surface area contributed by atoms with E-state index in [9.17, 15) is 4.79 Å². The molecule has 31 heavy (non-hydrogen) atoms. The summed E-state index contributed by atoms with van der Waals surface area (Å²) in [6, 6.07) is 13.4. The molecule has 0 N–H and O–H groups in total. The zero-order valence-electron chi connectivity index (χ0n) is 17.7. The van der Waals surface area contributed by atoms with Crippen molar-refractivity contribution >= 4 is 5.91 Å². The SMILES string of the molecule is O=C(CCCn1cccn1)N1CCCCCOc2ccccc2Oc2ncccc2C1. The number of fused-ring (bicyclic) bond motifs is 2. The maximum atomic E-state index is 13.0. The van der Waals surface area contributed by atoms with Gasteiger partial charge in [0.05, 0.1) is 13.2 Å². The molecule has 1 aliphatic rings. The molecule has 0 unspecified atom stereocenters. The predicted octanol–water partition coefficient (Wildman–Crippen LogP) is 4.44. The molecule has 162 valence electrons. The van der Waals surface area contributed by atoms with Crippen molar-refractivity contribution in [3.05, 3.63) is 66.6 Å². The summed E-state index contributed by atoms with van der Waals surface area (Å²) < 4.78 is 13.9. The van der Waals surface area contributed by atoms with Gasteiger partial charge in [-0.15, -0.1) is 0 Å². The van der Waals surface area contributed by atoms with Crippen LogP contribution in [0.15, 0.2) is 61.1 Å². The molecule has 0 bridgehead atoms. The number of aryl methyl sites for hydroxylation is 1. The van der Waals surface area contributed by atoms with E-state index in [-0.39, 0.29) is 5.91 Å². The monoisotopic (exact) mass is 420 g/mol. The van der Waals surface area contributed by atoms with Gasteiger partial charge >= 0.3 is 0 Å². The lowest BCUT2D eigenvalue weighted by molar-refractivity contribution is -0.132. The van der Waals surface area contributed by atoms with Gasteiger partial charge in [0, 0.05) is 43.7 Å². The minimum Gasteiger partial charge on any atom is -0.490 e. The average molecular weight is 421 g/mol. The first-order valence-electron chi connectivity index (χ1n) is 10.9. The van der Waals surface area contributed by atoms with Crippen LogP contribution < -0.4 is 9.47 Å². The number of nitrogens with zero attached hydrogens (tertiary/aromatic N) is 4. The molecule has 2 aromatic heterocycles. The second kappa shape index (κ2) is 10.6. The Morgan fingerprint density at radius 1 is 1.00 bits per heavy atom. The van der Waals surface area contributed by atoms with Crippen LogP contribution in [-0.2, 0) is 17.9 Å². The summed E-state index contributed by atoms with van der Waals surface area (Å²) in [5.74, 6) is 2.00. The smallest absolute Gasteiger partial charge is 0.224 e. The van der Waals surface area contributed by atoms with Crippen LogP contribution in [0.3, 0.4) is 0 Å². The molecule has 0 saturated heterocycles. The second-order valence-electron chi connectivity index (χ2n) is 7.61. The van der Waals surface area contributed by atoms with Gasteiger partial charge in [0.25, 0.3) is 0 Å². The highest BCUT2D eigenvalue weighted by atomic mass is 16.5. The van der Waals surface area contributed by atoms with Crippen molar-refractivity contribution in [2.24, 2.45) is 0 Å². The van der Waals surface area contributed by atoms with Crippen LogP contribution in [-0.4, -0.2) is 38.7 Å². The van der Waals surface area contributed by atoms with E-state index in [0.29, 0.717) is 43.5 Å². The zero-order valence-corrected chi connectivity index (χ0v) is 17.7. The van der Waals surface area contributed by atoms with Crippen LogP contribution in [0.4, 0.5) is 0 Å². The fourth-order valence-corrected chi connectivity index (χ4v) is 3.64. The molecule has 7 nitrogen and oxygen atoms in total. The Bertz CT molecular complexity index is 974. The Hall–Kier alpha value is -3.35. The van der Waals surface area contributed by atoms with Crippen molar-refractivity contribution in [1.29, 1.82) is 0 Å². The van der Waals surface area contributed by atoms with E-state index < -0.39 is 0 Å². The lowest BCUT2D eigenvalue weighted by Crippen LogP contribution is -2.31. The Labute approximate surface area is 182 Å². The fourth-order valence-electron chi connectivity index (χ4n) is 3.64. The van der Waals surface area contributed by atoms with Gasteiger partial charge in [-0.05, 0) is 49.9 Å². The van der Waals surface area contributed by atoms with Gasteiger partial charge in [0.2, 0.25) is 11.8 Å². The van der Waals surface area contributed by atoms with Gasteiger partial charge < -0.3 is 14.4 Å². The summed E-state index contributed by atoms with van der Waals surface area (Å²) in [5, 5.41) is 4.21. The van der Waals surface area contributed by atoms with Crippen molar-refractivity contribution in [1.82, 2.24) is 19.7 Å². The highest BCUT2D eigenvalue weighted by molar-refractivity contribution is 5.76. The summed E-state index contributed by atoms with van der Waals surface area (Å²) in [6.45, 7) is 2.55. The van der Waals surface area contributed by atoms with Crippen LogP contribution in [0.25, 0.3) is 0 Å². The van der Waals surface area contributed by atoms with Gasteiger partial charge in [-0.25, -0.2) is 4.98 Å². The van der Waals surface area contributed by atoms with Crippen molar-refractivity contribution in [3.8, 4) is 17.4 Å². The molecule has 0 atom stereocenters. The number of carbonyl (C=O) groups is 1. The highest BCUT2D eigenvalue weighted by Gasteiger charge is 2.18. The Morgan fingerprint density at radius 3 is 2.77 bits per heavy atom. The molecular weight excluding hydrogens is 392 g/mol. The van der Waals surface area contributed by atoms with Gasteiger partial charge in [0.1, 0.15) is 0 Å². The third-order valence-corrected chi connectivity index (χ3v) is 5.29. The molecule has 4 rings (SSSR count). The lowest BCUT2D eigenvalue weighted by Gasteiger charge is -2.23. The first kappa shape index (κ1) is 20.9. The van der Waals surface area contributed by atoms with E-state index in [1.54, 1.807) is 12.4 Å². The quantitative estimate of drug-likeness (QED) is 0.624. The molecular formula is C24H28N4O3. The number of para-hydroxylation sites is 2. The van der Waals surface area contributed by atoms with Crippen molar-refractivity contribution in [3.63, 3.8) is 0 Å². The maximum absolute atomic E-state index is 13.0. The third kappa shape index (κ3) is 5.84. The van der Waals surface area contributed by atoms with Crippen LogP contribution >= 0.6 is 0 Å². The normalized spacial score (nSPS) is 14.6. The number of amides is 1. The molecule has 1 amide bonds. The van der Waals surface area contributed by atoms with E-state index >= 15 is 0 Å². The molecule has 0 aliphatic carbocycles. The maximum Gasteiger partial charge on any atom is 0.224 e. The molecule has 0 spiro atoms. The number of pyridine rings is 1. The zero-order chi connectivity index (χ0) is 21.3. The molecule has 1 aliphatic heterocycles. The first-order valence-corrected chi connectivity index (χ1v) is 10.9. The lowest BCUT2D eigenvalue weighted by atomic mass is 10.2. The van der Waals surface area contributed by atoms with Crippen LogP contribution in [0.1, 0.15) is 37.7 Å². The van der Waals surface area contributed by atoms with Gasteiger partial charge in [0.15, 0.2) is 11.5 Å². The average Bonchev–Trinajstić information content (AvgIpc) is 3.30. The Morgan fingerprint density at radius 2 is 1.90 bits per heavy atom. The molecule has 1 aromatic carbocycles. The van der Waals surface area contributed by atoms with Crippen LogP contribution in [0.2, 0.25) is 0 Å². The summed E-state index contributed by atoms with van der Waals surface area (Å²) in [7, 11) is 0. The minimum absolute atomic E-state index is 0.147. The number of hydrogen-bond acceptors (Lipinski definition) is 5. The summed E-state index contributed by atoms with van der Waals surface area (Å²) >= 11 is 0. The van der Waals surface area contributed by atoms with E-state index in [1.165, 1.54) is 0 Å². The summed E-state index contributed by atoms with van der Waals surface area (Å²) in [4.78, 5) is 19.4. The number of carbonyl (C=O) groups excluding carboxylic acids is 1. The van der Waals surface area contributed by atoms with E-state index in [1.807, 2.05) is 58.2 Å². The first-order chi connectivity index (χ1) is 15.3. The molecule has 0 radical (unpaired) electrons. The number of ether oxygens (including phenoxy) is 2. The van der Waals surface area contributed by atoms with E-state index in [4.69, 9.17) is 9.47 Å². The van der Waals surface area contributed by atoms with Gasteiger partial charge in [-0.2, -0.15) is 5.10 Å². The van der Waals surface area contributed by atoms with Crippen molar-refractivity contribution < 1.29 is 14.3 Å². The van der Waals surface area contributed by atoms with E-state index in [0.717, 1.165) is 37.8 Å². The topological polar surface area (TPSA) is 69.5 Å². The molecule has 7 heteroatoms. The van der Waals surface area contributed by atoms with Crippen LogP contribution in [0.5, 0.6) is 17.4 Å². The molecule has 0 saturated carbocycles. The standard InChI is InChI=1S/C24H28N4O3/c29-23(12-7-16-28-17-8-14-26-28)27-15-4-1-5-18-30-21-10-2-3-11-22(21)31-24-20(19-27)9-6-13-25-24/h2-3,6,8-11,13-14,17H,1,4-5,7,12,15-16,18-19H2. The van der Waals surface area contributed by atoms with Crippen molar-refractivity contribution in [2.75, 3.05) is 13.2 Å². The number of benzene rings is 1. The van der Waals surface area contributed by atoms with Gasteiger partial charge in [-0.3, -0.25) is 9.48 Å². The second-order valence-corrected chi connectivity index (χ2v) is 7.61. The molecule has 3 aromatic rings. The Balaban J connectivity index is 1.50. The number of hydrogen-bond donors (Lipinski definition) is 0. The molecule has 0 fully saturated rings. The van der Waals surface area contributed by atoms with Crippen molar-refractivity contribution in [2.45, 2.75) is 45.2 Å². The minimum atomic E-state index is 0.147. The Kier molecular flexibility index (Phi) is 7.16. The highest BCUT2D eigenvalue weighted by Crippen LogP contribution is 2.32. The molecule has 3 heterocycles. The summed E-state index contributed by atoms with van der Waals surface area (Å²) in [6.07, 6.45) is 9.50. The van der Waals surface area contributed by atoms with Crippen LogP contribution in [0, 0.1) is 0 Å². The third-order valence-electron chi connectivity index (χ3n) is 5.29. The summed E-state index contributed by atoms with van der Waals surface area (Å²) in [5.41, 5.74) is 0.886. The number of aromatic nitrogens is 3. The largest absolute Gasteiger partial charge is 0.490 e. The fraction of sp³-hybridized carbons (Fsp3) is 0.375. The predicted molar refractivity (Wildman–Crippen MR) is 117 cm³/mol. The van der Waals surface area contributed by atoms with E-state index in [2.05, 4.69) is 10.1 Å². The van der Waals surface area contributed by atoms with Gasteiger partial charge in [-0.1, -0.05) is 18.2 Å².